The lowest BCUT2D eigenvalue weighted by Gasteiger charge is -2.49. The normalized spacial score (nSPS) is 47.6. The van der Waals surface area contributed by atoms with Crippen LogP contribution in [0.5, 0.6) is 0 Å². The molecular formula is C10H18. The zero-order valence-electron chi connectivity index (χ0n) is 7.52. The predicted molar refractivity (Wildman–Crippen MR) is 45.9 cm³/mol. The van der Waals surface area contributed by atoms with Gasteiger partial charge in [0, 0.05) is 0 Å². The maximum absolute atomic E-state index is 2.36. The molecule has 0 bridgehead atoms. The fourth-order valence-corrected chi connectivity index (χ4v) is 2.15. The van der Waals surface area contributed by atoms with Gasteiger partial charge < -0.3 is 0 Å². The van der Waals surface area contributed by atoms with Crippen LogP contribution in [-0.2, 0) is 0 Å². The van der Waals surface area contributed by atoms with Crippen molar-refractivity contribution in [3.05, 3.63) is 12.2 Å². The van der Waals surface area contributed by atoms with Gasteiger partial charge >= 0.3 is 0 Å². The van der Waals surface area contributed by atoms with Gasteiger partial charge in [-0.1, -0.05) is 32.9 Å². The van der Waals surface area contributed by atoms with Crippen molar-refractivity contribution in [2.75, 3.05) is 0 Å². The molecule has 0 saturated heterocycles. The van der Waals surface area contributed by atoms with Gasteiger partial charge in [-0.15, -0.1) is 0 Å². The molecule has 3 atom stereocenters. The SMILES string of the molecule is CC=CC1(C)CC(C)C1C. The summed E-state index contributed by atoms with van der Waals surface area (Å²) in [6.07, 6.45) is 5.92. The van der Waals surface area contributed by atoms with E-state index in [9.17, 15) is 0 Å². The third-order valence-electron chi connectivity index (χ3n) is 3.20. The van der Waals surface area contributed by atoms with Gasteiger partial charge in [0.1, 0.15) is 0 Å². The number of hydrogen-bond acceptors (Lipinski definition) is 0. The standard InChI is InChI=1S/C10H18/c1-5-6-10(4)7-8(2)9(10)3/h5-6,8-9H,7H2,1-4H3. The van der Waals surface area contributed by atoms with Gasteiger partial charge in [-0.25, -0.2) is 0 Å². The topological polar surface area (TPSA) is 0 Å². The fourth-order valence-electron chi connectivity index (χ4n) is 2.15. The Morgan fingerprint density at radius 1 is 1.40 bits per heavy atom. The Kier molecular flexibility index (Phi) is 1.89. The highest BCUT2D eigenvalue weighted by Gasteiger charge is 2.42. The Hall–Kier alpha value is -0.260. The summed E-state index contributed by atoms with van der Waals surface area (Å²) in [6, 6.07) is 0. The summed E-state index contributed by atoms with van der Waals surface area (Å²) in [6.45, 7) is 9.17. The maximum Gasteiger partial charge on any atom is -0.0116 e. The van der Waals surface area contributed by atoms with Gasteiger partial charge in [-0.05, 0) is 30.6 Å². The molecule has 0 aromatic heterocycles. The van der Waals surface area contributed by atoms with Crippen LogP contribution in [0.3, 0.4) is 0 Å². The van der Waals surface area contributed by atoms with Crippen LogP contribution >= 0.6 is 0 Å². The summed E-state index contributed by atoms with van der Waals surface area (Å²) in [5, 5.41) is 0. The highest BCUT2D eigenvalue weighted by molar-refractivity contribution is 5.07. The summed E-state index contributed by atoms with van der Waals surface area (Å²) in [4.78, 5) is 0. The van der Waals surface area contributed by atoms with Crippen molar-refractivity contribution in [1.82, 2.24) is 0 Å². The Labute approximate surface area is 64.3 Å². The molecule has 1 aliphatic carbocycles. The van der Waals surface area contributed by atoms with Gasteiger partial charge in [0.05, 0.1) is 0 Å². The number of rotatable bonds is 1. The minimum Gasteiger partial charge on any atom is -0.0911 e. The molecule has 3 unspecified atom stereocenters. The molecule has 0 spiro atoms. The highest BCUT2D eigenvalue weighted by atomic mass is 14.5. The smallest absolute Gasteiger partial charge is 0.0116 e. The summed E-state index contributed by atoms with van der Waals surface area (Å²) >= 11 is 0. The molecular weight excluding hydrogens is 120 g/mol. The van der Waals surface area contributed by atoms with Crippen LogP contribution < -0.4 is 0 Å². The first-order chi connectivity index (χ1) is 4.60. The molecule has 0 aromatic carbocycles. The molecule has 1 fully saturated rings. The third-order valence-corrected chi connectivity index (χ3v) is 3.20. The molecule has 0 nitrogen and oxygen atoms in total. The molecule has 1 rings (SSSR count). The monoisotopic (exact) mass is 138 g/mol. The summed E-state index contributed by atoms with van der Waals surface area (Å²) in [7, 11) is 0. The van der Waals surface area contributed by atoms with Crippen LogP contribution in [0, 0.1) is 17.3 Å². The summed E-state index contributed by atoms with van der Waals surface area (Å²) in [5.74, 6) is 1.81. The molecule has 0 aliphatic heterocycles. The van der Waals surface area contributed by atoms with Crippen LogP contribution in [0.1, 0.15) is 34.1 Å². The molecule has 0 N–H and O–H groups in total. The van der Waals surface area contributed by atoms with Gasteiger partial charge in [0.15, 0.2) is 0 Å². The fraction of sp³-hybridized carbons (Fsp3) is 0.800. The first-order valence-electron chi connectivity index (χ1n) is 4.24. The first-order valence-corrected chi connectivity index (χ1v) is 4.24. The average molecular weight is 138 g/mol. The lowest BCUT2D eigenvalue weighted by Crippen LogP contribution is -2.41. The molecule has 0 radical (unpaired) electrons. The Morgan fingerprint density at radius 3 is 2.30 bits per heavy atom. The molecule has 0 heterocycles. The zero-order chi connectivity index (χ0) is 7.78. The average Bonchev–Trinajstić information content (AvgIpc) is 1.88. The van der Waals surface area contributed by atoms with Crippen LogP contribution in [0.4, 0.5) is 0 Å². The van der Waals surface area contributed by atoms with Crippen molar-refractivity contribution in [3.8, 4) is 0 Å². The second-order valence-corrected chi connectivity index (χ2v) is 3.98. The largest absolute Gasteiger partial charge is 0.0911 e. The van der Waals surface area contributed by atoms with E-state index in [1.807, 2.05) is 0 Å². The van der Waals surface area contributed by atoms with E-state index in [2.05, 4.69) is 39.8 Å². The molecule has 58 valence electrons. The molecule has 10 heavy (non-hydrogen) atoms. The second-order valence-electron chi connectivity index (χ2n) is 3.98. The van der Waals surface area contributed by atoms with E-state index < -0.39 is 0 Å². The number of hydrogen-bond donors (Lipinski definition) is 0. The van der Waals surface area contributed by atoms with Gasteiger partial charge in [-0.2, -0.15) is 0 Å². The van der Waals surface area contributed by atoms with Crippen molar-refractivity contribution >= 4 is 0 Å². The van der Waals surface area contributed by atoms with Crippen LogP contribution in [-0.4, -0.2) is 0 Å². The van der Waals surface area contributed by atoms with Crippen LogP contribution in [0.15, 0.2) is 12.2 Å². The predicted octanol–water partition coefficient (Wildman–Crippen LogP) is 3.24. The van der Waals surface area contributed by atoms with Gasteiger partial charge in [-0.3, -0.25) is 0 Å². The van der Waals surface area contributed by atoms with Crippen molar-refractivity contribution < 1.29 is 0 Å². The summed E-state index contributed by atoms with van der Waals surface area (Å²) < 4.78 is 0. The Balaban J connectivity index is 2.57. The van der Waals surface area contributed by atoms with Crippen molar-refractivity contribution in [1.29, 1.82) is 0 Å². The molecule has 0 aromatic rings. The van der Waals surface area contributed by atoms with Gasteiger partial charge in [0.2, 0.25) is 0 Å². The molecule has 0 heteroatoms. The van der Waals surface area contributed by atoms with E-state index in [0.717, 1.165) is 11.8 Å². The van der Waals surface area contributed by atoms with Crippen LogP contribution in [0.2, 0.25) is 0 Å². The lowest BCUT2D eigenvalue weighted by molar-refractivity contribution is 0.0438. The third kappa shape index (κ3) is 1.00. The Bertz CT molecular complexity index is 146. The van der Waals surface area contributed by atoms with E-state index in [1.54, 1.807) is 0 Å². The van der Waals surface area contributed by atoms with Crippen molar-refractivity contribution in [2.24, 2.45) is 17.3 Å². The van der Waals surface area contributed by atoms with E-state index in [4.69, 9.17) is 0 Å². The molecule has 1 saturated carbocycles. The van der Waals surface area contributed by atoms with Crippen molar-refractivity contribution in [2.45, 2.75) is 34.1 Å². The minimum atomic E-state index is 0.522. The highest BCUT2D eigenvalue weighted by Crippen LogP contribution is 2.51. The van der Waals surface area contributed by atoms with E-state index in [-0.39, 0.29) is 0 Å². The number of allylic oxidation sites excluding steroid dienone is 2. The van der Waals surface area contributed by atoms with E-state index in [0.29, 0.717) is 5.41 Å². The summed E-state index contributed by atoms with van der Waals surface area (Å²) in [5.41, 5.74) is 0.522. The van der Waals surface area contributed by atoms with E-state index in [1.165, 1.54) is 6.42 Å². The molecule has 0 amide bonds. The van der Waals surface area contributed by atoms with Gasteiger partial charge in [0.25, 0.3) is 0 Å². The van der Waals surface area contributed by atoms with Crippen LogP contribution in [0.25, 0.3) is 0 Å². The first kappa shape index (κ1) is 7.84. The second kappa shape index (κ2) is 2.41. The lowest BCUT2D eigenvalue weighted by atomic mass is 9.56. The maximum atomic E-state index is 2.36. The zero-order valence-corrected chi connectivity index (χ0v) is 7.52. The van der Waals surface area contributed by atoms with E-state index >= 15 is 0 Å². The van der Waals surface area contributed by atoms with Crippen molar-refractivity contribution in [3.63, 3.8) is 0 Å². The Morgan fingerprint density at radius 2 is 2.00 bits per heavy atom. The minimum absolute atomic E-state index is 0.522. The quantitative estimate of drug-likeness (QED) is 0.488. The molecule has 1 aliphatic rings.